The second kappa shape index (κ2) is 7.08. The van der Waals surface area contributed by atoms with E-state index in [1.165, 1.54) is 12.1 Å². The Hall–Kier alpha value is -2.08. The van der Waals surface area contributed by atoms with Gasteiger partial charge in [-0.05, 0) is 26.3 Å². The molecule has 1 aromatic rings. The van der Waals surface area contributed by atoms with Gasteiger partial charge in [0.25, 0.3) is 0 Å². The maximum absolute atomic E-state index is 12.1. The zero-order valence-electron chi connectivity index (χ0n) is 15.1. The van der Waals surface area contributed by atoms with Gasteiger partial charge in [0.1, 0.15) is 11.7 Å². The highest BCUT2D eigenvalue weighted by Crippen LogP contribution is 2.18. The summed E-state index contributed by atoms with van der Waals surface area (Å²) in [4.78, 5) is 23.9. The quantitative estimate of drug-likeness (QED) is 0.828. The molecule has 1 aromatic carbocycles. The molecule has 0 heterocycles. The lowest BCUT2D eigenvalue weighted by Gasteiger charge is -2.25. The number of aliphatic hydroxyl groups is 1. The van der Waals surface area contributed by atoms with Crippen molar-refractivity contribution in [3.63, 3.8) is 0 Å². The predicted molar refractivity (Wildman–Crippen MR) is 76.6 cm³/mol. The van der Waals surface area contributed by atoms with E-state index >= 15 is 0 Å². The van der Waals surface area contributed by atoms with Crippen molar-refractivity contribution < 1.29 is 28.3 Å². The summed E-state index contributed by atoms with van der Waals surface area (Å²) < 4.78 is 30.3. The standard InChI is InChI=1S/C15H21NO5/c1-15(2,3)21-14(19)16-11(13(18)20-4)12(17)10-8-6-5-7-9-10/h5-9,11-12,17H,1-4H3,(H,16,19)/t11-,12-/m0/s1/i4D3. The van der Waals surface area contributed by atoms with Crippen LogP contribution >= 0.6 is 0 Å². The molecule has 0 aliphatic rings. The summed E-state index contributed by atoms with van der Waals surface area (Å²) in [6, 6.07) is 6.36. The number of rotatable bonds is 4. The molecule has 0 aliphatic heterocycles. The number of benzene rings is 1. The van der Waals surface area contributed by atoms with Crippen LogP contribution in [-0.2, 0) is 14.3 Å². The second-order valence-electron chi connectivity index (χ2n) is 5.40. The van der Waals surface area contributed by atoms with E-state index in [1.54, 1.807) is 39.0 Å². The summed E-state index contributed by atoms with van der Waals surface area (Å²) in [5.74, 6) is -1.29. The van der Waals surface area contributed by atoms with Crippen molar-refractivity contribution in [2.45, 2.75) is 38.5 Å². The number of hydrogen-bond acceptors (Lipinski definition) is 5. The van der Waals surface area contributed by atoms with Crippen LogP contribution in [0.2, 0.25) is 0 Å². The van der Waals surface area contributed by atoms with Gasteiger partial charge in [-0.1, -0.05) is 30.3 Å². The molecule has 0 fully saturated rings. The zero-order valence-corrected chi connectivity index (χ0v) is 12.1. The van der Waals surface area contributed by atoms with Crippen molar-refractivity contribution in [3.05, 3.63) is 35.9 Å². The molecule has 1 rings (SSSR count). The molecule has 0 saturated heterocycles. The molecule has 0 spiro atoms. The van der Waals surface area contributed by atoms with Crippen LogP contribution in [0, 0.1) is 0 Å². The van der Waals surface area contributed by atoms with Crippen molar-refractivity contribution in [3.8, 4) is 0 Å². The van der Waals surface area contributed by atoms with Gasteiger partial charge in [0.05, 0.1) is 11.2 Å². The van der Waals surface area contributed by atoms with Crippen molar-refractivity contribution in [1.29, 1.82) is 0 Å². The van der Waals surface area contributed by atoms with Crippen LogP contribution in [0.5, 0.6) is 0 Å². The predicted octanol–water partition coefficient (Wildman–Crippen LogP) is 1.79. The minimum Gasteiger partial charge on any atom is -0.467 e. The van der Waals surface area contributed by atoms with E-state index in [9.17, 15) is 14.7 Å². The lowest BCUT2D eigenvalue weighted by atomic mass is 10.0. The molecular formula is C15H21NO5. The second-order valence-corrected chi connectivity index (χ2v) is 5.40. The summed E-state index contributed by atoms with van der Waals surface area (Å²) in [5, 5.41) is 12.5. The minimum absolute atomic E-state index is 0.307. The van der Waals surface area contributed by atoms with Gasteiger partial charge in [0.2, 0.25) is 0 Å². The van der Waals surface area contributed by atoms with Crippen LogP contribution in [0.1, 0.15) is 36.6 Å². The van der Waals surface area contributed by atoms with Gasteiger partial charge < -0.3 is 19.9 Å². The average molecular weight is 298 g/mol. The smallest absolute Gasteiger partial charge is 0.408 e. The molecule has 21 heavy (non-hydrogen) atoms. The van der Waals surface area contributed by atoms with Gasteiger partial charge in [-0.2, -0.15) is 0 Å². The fourth-order valence-corrected chi connectivity index (χ4v) is 1.61. The molecule has 6 nitrogen and oxygen atoms in total. The van der Waals surface area contributed by atoms with Crippen molar-refractivity contribution >= 4 is 12.1 Å². The fraction of sp³-hybridized carbons (Fsp3) is 0.467. The summed E-state index contributed by atoms with van der Waals surface area (Å²) >= 11 is 0. The zero-order chi connectivity index (χ0) is 18.5. The van der Waals surface area contributed by atoms with Crippen LogP contribution in [0.4, 0.5) is 4.79 Å². The third-order valence-electron chi connectivity index (χ3n) is 2.48. The van der Waals surface area contributed by atoms with Gasteiger partial charge in [0.15, 0.2) is 6.04 Å². The minimum atomic E-state index is -3.00. The summed E-state index contributed by atoms with van der Waals surface area (Å²) in [7, 11) is -3.00. The molecule has 116 valence electrons. The lowest BCUT2D eigenvalue weighted by molar-refractivity contribution is -0.146. The van der Waals surface area contributed by atoms with Crippen molar-refractivity contribution in [1.82, 2.24) is 5.32 Å². The van der Waals surface area contributed by atoms with Crippen LogP contribution in [0.3, 0.4) is 0 Å². The van der Waals surface area contributed by atoms with E-state index in [-0.39, 0.29) is 0 Å². The number of carbonyl (C=O) groups is 2. The van der Waals surface area contributed by atoms with E-state index in [2.05, 4.69) is 10.1 Å². The molecular weight excluding hydrogens is 274 g/mol. The molecule has 6 heteroatoms. The van der Waals surface area contributed by atoms with E-state index in [1.807, 2.05) is 0 Å². The topological polar surface area (TPSA) is 84.9 Å². The SMILES string of the molecule is [2H]C([2H])([2H])OC(=O)[C@@H](NC(=O)OC(C)(C)C)[C@@H](O)c1ccccc1. The Bertz CT molecular complexity index is 569. The number of esters is 1. The Kier molecular flexibility index (Phi) is 4.26. The molecule has 2 atom stereocenters. The molecule has 1 amide bonds. The highest BCUT2D eigenvalue weighted by atomic mass is 16.6. The van der Waals surface area contributed by atoms with Crippen LogP contribution in [0.25, 0.3) is 0 Å². The molecule has 2 N–H and O–H groups in total. The Morgan fingerprint density at radius 1 is 1.29 bits per heavy atom. The molecule has 0 aromatic heterocycles. The maximum atomic E-state index is 12.1. The third kappa shape index (κ3) is 5.43. The number of carbonyl (C=O) groups excluding carboxylic acids is 2. The first-order chi connectivity index (χ1) is 10.9. The first-order valence-electron chi connectivity index (χ1n) is 7.84. The number of methoxy groups -OCH3 is 1. The van der Waals surface area contributed by atoms with Crippen LogP contribution in [-0.4, -0.2) is 35.8 Å². The Morgan fingerprint density at radius 3 is 2.43 bits per heavy atom. The van der Waals surface area contributed by atoms with Gasteiger partial charge in [-0.3, -0.25) is 0 Å². The molecule has 0 aliphatic carbocycles. The van der Waals surface area contributed by atoms with Gasteiger partial charge in [-0.25, -0.2) is 9.59 Å². The number of nitrogens with one attached hydrogen (secondary N) is 1. The van der Waals surface area contributed by atoms with E-state index in [0.29, 0.717) is 5.56 Å². The highest BCUT2D eigenvalue weighted by molar-refractivity contribution is 5.82. The summed E-state index contributed by atoms with van der Waals surface area (Å²) in [5.41, 5.74) is -0.527. The first-order valence-corrected chi connectivity index (χ1v) is 6.34. The Morgan fingerprint density at radius 2 is 1.90 bits per heavy atom. The molecule has 0 bridgehead atoms. The monoisotopic (exact) mass is 298 g/mol. The number of aliphatic hydroxyl groups excluding tert-OH is 1. The van der Waals surface area contributed by atoms with Crippen LogP contribution in [0.15, 0.2) is 30.3 Å². The summed E-state index contributed by atoms with van der Waals surface area (Å²) in [6.07, 6.45) is -2.49. The van der Waals surface area contributed by atoms with E-state index in [4.69, 9.17) is 8.85 Å². The fourth-order valence-electron chi connectivity index (χ4n) is 1.61. The normalized spacial score (nSPS) is 16.7. The number of amides is 1. The van der Waals surface area contributed by atoms with Gasteiger partial charge in [-0.15, -0.1) is 0 Å². The van der Waals surface area contributed by atoms with Crippen molar-refractivity contribution in [2.24, 2.45) is 0 Å². The number of ether oxygens (including phenoxy) is 2. The van der Waals surface area contributed by atoms with Gasteiger partial charge in [0, 0.05) is 0 Å². The van der Waals surface area contributed by atoms with Gasteiger partial charge >= 0.3 is 12.1 Å². The third-order valence-corrected chi connectivity index (χ3v) is 2.48. The number of hydrogen-bond donors (Lipinski definition) is 2. The molecule has 0 radical (unpaired) electrons. The maximum Gasteiger partial charge on any atom is 0.408 e. The first kappa shape index (κ1) is 12.6. The van der Waals surface area contributed by atoms with Crippen molar-refractivity contribution in [2.75, 3.05) is 7.04 Å². The molecule has 0 unspecified atom stereocenters. The van der Waals surface area contributed by atoms with Crippen LogP contribution < -0.4 is 5.32 Å². The Labute approximate surface area is 128 Å². The number of alkyl carbamates (subject to hydrolysis) is 1. The Balaban J connectivity index is 2.99. The highest BCUT2D eigenvalue weighted by Gasteiger charge is 2.32. The largest absolute Gasteiger partial charge is 0.467 e. The van der Waals surface area contributed by atoms with E-state index < -0.39 is 36.8 Å². The van der Waals surface area contributed by atoms with E-state index in [0.717, 1.165) is 0 Å². The summed E-state index contributed by atoms with van der Waals surface area (Å²) in [6.45, 7) is 4.86. The lowest BCUT2D eigenvalue weighted by Crippen LogP contribution is -2.47. The average Bonchev–Trinajstić information content (AvgIpc) is 2.41. The molecule has 0 saturated carbocycles.